The van der Waals surface area contributed by atoms with Crippen molar-refractivity contribution in [3.8, 4) is 0 Å². The molecule has 0 aliphatic rings. The molecular weight excluding hydrogens is 276 g/mol. The highest BCUT2D eigenvalue weighted by molar-refractivity contribution is 5.73. The van der Waals surface area contributed by atoms with Gasteiger partial charge in [0, 0.05) is 6.42 Å². The molecule has 22 heavy (non-hydrogen) atoms. The first-order valence-corrected chi connectivity index (χ1v) is 8.36. The van der Waals surface area contributed by atoms with Crippen LogP contribution < -0.4 is 0 Å². The van der Waals surface area contributed by atoms with Crippen molar-refractivity contribution >= 4 is 12.3 Å². The van der Waals surface area contributed by atoms with Crippen molar-refractivity contribution in [2.75, 3.05) is 0 Å². The second-order valence-electron chi connectivity index (χ2n) is 5.39. The molecular formula is C19H30O3. The van der Waals surface area contributed by atoms with Gasteiger partial charge in [0.1, 0.15) is 6.29 Å². The van der Waals surface area contributed by atoms with E-state index in [1.54, 1.807) is 0 Å². The van der Waals surface area contributed by atoms with Crippen LogP contribution in [0.1, 0.15) is 71.1 Å². The number of unbranched alkanes of at least 4 members (excludes halogenated alkanes) is 5. The summed E-state index contributed by atoms with van der Waals surface area (Å²) in [4.78, 5) is 21.0. The minimum absolute atomic E-state index is 0.297. The van der Waals surface area contributed by atoms with Gasteiger partial charge in [-0.15, -0.1) is 0 Å². The third kappa shape index (κ3) is 14.8. The van der Waals surface area contributed by atoms with Crippen LogP contribution in [-0.2, 0) is 9.59 Å². The van der Waals surface area contributed by atoms with Gasteiger partial charge in [0.05, 0.1) is 0 Å². The first-order chi connectivity index (χ1) is 10.7. The van der Waals surface area contributed by atoms with Crippen molar-refractivity contribution in [3.63, 3.8) is 0 Å². The molecule has 0 radical (unpaired) electrons. The number of carbonyl (C=O) groups is 2. The molecule has 0 aliphatic carbocycles. The molecule has 0 aromatic carbocycles. The van der Waals surface area contributed by atoms with Crippen molar-refractivity contribution in [2.45, 2.75) is 71.1 Å². The molecule has 0 rings (SSSR count). The topological polar surface area (TPSA) is 54.4 Å². The van der Waals surface area contributed by atoms with Crippen LogP contribution in [0.15, 0.2) is 36.0 Å². The van der Waals surface area contributed by atoms with Gasteiger partial charge >= 0.3 is 5.97 Å². The van der Waals surface area contributed by atoms with E-state index in [9.17, 15) is 9.59 Å². The van der Waals surface area contributed by atoms with Gasteiger partial charge in [0.2, 0.25) is 0 Å². The molecule has 0 fully saturated rings. The Labute approximate surface area is 134 Å². The highest BCUT2D eigenvalue weighted by Crippen LogP contribution is 2.08. The number of carbonyl (C=O) groups excluding carboxylic acids is 1. The predicted octanol–water partition coefficient (Wildman–Crippen LogP) is 5.23. The maximum atomic E-state index is 10.7. The Hall–Kier alpha value is -1.64. The Kier molecular flexibility index (Phi) is 14.6. The van der Waals surface area contributed by atoms with Crippen LogP contribution in [0.2, 0.25) is 0 Å². The van der Waals surface area contributed by atoms with Gasteiger partial charge in [-0.2, -0.15) is 0 Å². The fourth-order valence-electron chi connectivity index (χ4n) is 2.12. The van der Waals surface area contributed by atoms with Crippen LogP contribution in [0.5, 0.6) is 0 Å². The quantitative estimate of drug-likeness (QED) is 0.207. The third-order valence-electron chi connectivity index (χ3n) is 3.34. The number of aliphatic carboxylic acids is 1. The van der Waals surface area contributed by atoms with Crippen LogP contribution in [0.3, 0.4) is 0 Å². The minimum atomic E-state index is -0.693. The highest BCUT2D eigenvalue weighted by atomic mass is 16.4. The average molecular weight is 306 g/mol. The second kappa shape index (κ2) is 15.7. The number of allylic oxidation sites excluding steroid dienone is 6. The van der Waals surface area contributed by atoms with E-state index in [1.165, 1.54) is 12.8 Å². The monoisotopic (exact) mass is 306 g/mol. The SMILES string of the molecule is CC/C=C(/C=O)C/C=C\C/C=C\CCCCCCCC(=O)O. The lowest BCUT2D eigenvalue weighted by atomic mass is 10.1. The summed E-state index contributed by atoms with van der Waals surface area (Å²) in [6.45, 7) is 2.03. The zero-order chi connectivity index (χ0) is 16.5. The first-order valence-electron chi connectivity index (χ1n) is 8.36. The lowest BCUT2D eigenvalue weighted by molar-refractivity contribution is -0.137. The van der Waals surface area contributed by atoms with Crippen LogP contribution in [0, 0.1) is 0 Å². The van der Waals surface area contributed by atoms with Gasteiger partial charge in [-0.05, 0) is 44.1 Å². The van der Waals surface area contributed by atoms with Gasteiger partial charge in [-0.25, -0.2) is 0 Å². The summed E-state index contributed by atoms with van der Waals surface area (Å²) in [6.07, 6.45) is 20.6. The average Bonchev–Trinajstić information content (AvgIpc) is 2.50. The number of carboxylic acids is 1. The van der Waals surface area contributed by atoms with Crippen molar-refractivity contribution < 1.29 is 14.7 Å². The van der Waals surface area contributed by atoms with E-state index in [0.29, 0.717) is 6.42 Å². The zero-order valence-corrected chi connectivity index (χ0v) is 13.8. The van der Waals surface area contributed by atoms with Crippen molar-refractivity contribution in [1.29, 1.82) is 0 Å². The van der Waals surface area contributed by atoms with E-state index in [2.05, 4.69) is 18.2 Å². The van der Waals surface area contributed by atoms with Crippen LogP contribution >= 0.6 is 0 Å². The first kappa shape index (κ1) is 20.4. The number of aldehydes is 1. The molecule has 3 nitrogen and oxygen atoms in total. The fourth-order valence-corrected chi connectivity index (χ4v) is 2.12. The Morgan fingerprint density at radius 3 is 2.32 bits per heavy atom. The van der Waals surface area contributed by atoms with Crippen molar-refractivity contribution in [2.24, 2.45) is 0 Å². The minimum Gasteiger partial charge on any atom is -0.481 e. The van der Waals surface area contributed by atoms with Gasteiger partial charge < -0.3 is 5.11 Å². The van der Waals surface area contributed by atoms with E-state index in [4.69, 9.17) is 5.11 Å². The number of hydrogen-bond acceptors (Lipinski definition) is 2. The third-order valence-corrected chi connectivity index (χ3v) is 3.34. The van der Waals surface area contributed by atoms with Gasteiger partial charge in [-0.3, -0.25) is 9.59 Å². The molecule has 0 saturated carbocycles. The largest absolute Gasteiger partial charge is 0.481 e. The summed E-state index contributed by atoms with van der Waals surface area (Å²) < 4.78 is 0. The molecule has 124 valence electrons. The standard InChI is InChI=1S/C19H30O3/c1-2-14-18(17-20)15-12-10-8-6-4-3-5-7-9-11-13-16-19(21)22/h4,6,10,12,14,17H,2-3,5,7-9,11,13,15-16H2,1H3,(H,21,22)/b6-4-,12-10-,18-14+. The van der Waals surface area contributed by atoms with Gasteiger partial charge in [0.25, 0.3) is 0 Å². The summed E-state index contributed by atoms with van der Waals surface area (Å²) in [7, 11) is 0. The highest BCUT2D eigenvalue weighted by Gasteiger charge is 1.95. The molecule has 0 aromatic rings. The molecule has 0 unspecified atom stereocenters. The van der Waals surface area contributed by atoms with E-state index in [1.807, 2.05) is 19.1 Å². The Morgan fingerprint density at radius 2 is 1.64 bits per heavy atom. The maximum Gasteiger partial charge on any atom is 0.303 e. The molecule has 0 bridgehead atoms. The Morgan fingerprint density at radius 1 is 0.955 bits per heavy atom. The Balaban J connectivity index is 3.46. The molecule has 3 heteroatoms. The smallest absolute Gasteiger partial charge is 0.303 e. The molecule has 0 amide bonds. The van der Waals surface area contributed by atoms with Crippen LogP contribution in [-0.4, -0.2) is 17.4 Å². The molecule has 1 N–H and O–H groups in total. The van der Waals surface area contributed by atoms with E-state index in [-0.39, 0.29) is 0 Å². The van der Waals surface area contributed by atoms with Crippen molar-refractivity contribution in [1.82, 2.24) is 0 Å². The predicted molar refractivity (Wildman–Crippen MR) is 91.9 cm³/mol. The zero-order valence-electron chi connectivity index (χ0n) is 13.8. The van der Waals surface area contributed by atoms with E-state index < -0.39 is 5.97 Å². The van der Waals surface area contributed by atoms with Gasteiger partial charge in [0.15, 0.2) is 0 Å². The fraction of sp³-hybridized carbons (Fsp3) is 0.579. The lowest BCUT2D eigenvalue weighted by Gasteiger charge is -1.98. The molecule has 0 spiro atoms. The van der Waals surface area contributed by atoms with Crippen LogP contribution in [0.25, 0.3) is 0 Å². The van der Waals surface area contributed by atoms with Gasteiger partial charge in [-0.1, -0.05) is 56.6 Å². The summed E-state index contributed by atoms with van der Waals surface area (Å²) in [5.74, 6) is -0.693. The summed E-state index contributed by atoms with van der Waals surface area (Å²) >= 11 is 0. The molecule has 0 aliphatic heterocycles. The van der Waals surface area contributed by atoms with Crippen molar-refractivity contribution in [3.05, 3.63) is 36.0 Å². The van der Waals surface area contributed by atoms with E-state index in [0.717, 1.165) is 56.8 Å². The summed E-state index contributed by atoms with van der Waals surface area (Å²) in [5.41, 5.74) is 0.852. The molecule has 0 saturated heterocycles. The van der Waals surface area contributed by atoms with E-state index >= 15 is 0 Å². The summed E-state index contributed by atoms with van der Waals surface area (Å²) in [5, 5.41) is 8.51. The second-order valence-corrected chi connectivity index (χ2v) is 5.39. The number of rotatable bonds is 14. The lowest BCUT2D eigenvalue weighted by Crippen LogP contribution is -1.93. The number of hydrogen-bond donors (Lipinski definition) is 1. The molecule has 0 atom stereocenters. The normalized spacial score (nSPS) is 12.3. The van der Waals surface area contributed by atoms with Crippen LogP contribution in [0.4, 0.5) is 0 Å². The Bertz CT molecular complexity index is 378. The molecule has 0 aromatic heterocycles. The summed E-state index contributed by atoms with van der Waals surface area (Å²) in [6, 6.07) is 0. The number of carboxylic acid groups (broad SMARTS) is 1. The maximum absolute atomic E-state index is 10.7. The molecule has 0 heterocycles.